The van der Waals surface area contributed by atoms with E-state index in [-0.39, 0.29) is 11.9 Å². The maximum atomic E-state index is 12.4. The molecular weight excluding hydrogens is 262 g/mol. The molecule has 0 radical (unpaired) electrons. The van der Waals surface area contributed by atoms with Crippen molar-refractivity contribution in [2.45, 2.75) is 32.2 Å². The van der Waals surface area contributed by atoms with Gasteiger partial charge in [-0.3, -0.25) is 4.79 Å². The molecule has 2 aromatic rings. The molecule has 1 atom stereocenters. The van der Waals surface area contributed by atoms with E-state index in [1.54, 1.807) is 0 Å². The highest BCUT2D eigenvalue weighted by Crippen LogP contribution is 2.33. The van der Waals surface area contributed by atoms with Crippen molar-refractivity contribution in [2.75, 3.05) is 12.4 Å². The molecule has 4 nitrogen and oxygen atoms in total. The molecule has 0 saturated heterocycles. The van der Waals surface area contributed by atoms with Crippen molar-refractivity contribution < 1.29 is 4.79 Å². The molecule has 1 amide bonds. The number of amides is 1. The Balaban J connectivity index is 1.83. The number of fused-ring (bicyclic) bond motifs is 1. The van der Waals surface area contributed by atoms with E-state index in [9.17, 15) is 4.79 Å². The minimum Gasteiger partial charge on any atom is -0.373 e. The summed E-state index contributed by atoms with van der Waals surface area (Å²) in [6, 6.07) is 10.0. The number of hydrogen-bond acceptors (Lipinski definition) is 3. The summed E-state index contributed by atoms with van der Waals surface area (Å²) in [6.45, 7) is 2.07. The zero-order valence-corrected chi connectivity index (χ0v) is 12.5. The van der Waals surface area contributed by atoms with E-state index in [4.69, 9.17) is 0 Å². The van der Waals surface area contributed by atoms with Gasteiger partial charge in [-0.1, -0.05) is 37.1 Å². The van der Waals surface area contributed by atoms with E-state index >= 15 is 0 Å². The minimum atomic E-state index is -0.0922. The van der Waals surface area contributed by atoms with Crippen molar-refractivity contribution in [3.63, 3.8) is 0 Å². The van der Waals surface area contributed by atoms with Crippen LogP contribution < -0.4 is 10.6 Å². The summed E-state index contributed by atoms with van der Waals surface area (Å²) in [7, 11) is 1.83. The van der Waals surface area contributed by atoms with Crippen LogP contribution in [0.1, 0.15) is 36.7 Å². The fourth-order valence-electron chi connectivity index (χ4n) is 2.72. The molecule has 1 fully saturated rings. The lowest BCUT2D eigenvalue weighted by atomic mass is 10.1. The second-order valence-electron chi connectivity index (χ2n) is 5.88. The number of carbonyl (C=O) groups is 1. The monoisotopic (exact) mass is 283 g/mol. The quantitative estimate of drug-likeness (QED) is 0.886. The minimum absolute atomic E-state index is 0.0922. The number of rotatable bonds is 5. The van der Waals surface area contributed by atoms with Gasteiger partial charge in [0.15, 0.2) is 0 Å². The van der Waals surface area contributed by atoms with Crippen LogP contribution in [0.4, 0.5) is 5.82 Å². The Bertz CT molecular complexity index is 664. The van der Waals surface area contributed by atoms with E-state index in [1.165, 1.54) is 12.8 Å². The second kappa shape index (κ2) is 5.72. The maximum absolute atomic E-state index is 12.4. The number of nitrogens with one attached hydrogen (secondary N) is 2. The number of pyridine rings is 1. The van der Waals surface area contributed by atoms with Crippen LogP contribution in [-0.2, 0) is 0 Å². The van der Waals surface area contributed by atoms with Gasteiger partial charge >= 0.3 is 0 Å². The van der Waals surface area contributed by atoms with E-state index in [0.29, 0.717) is 5.69 Å². The molecule has 1 aliphatic rings. The van der Waals surface area contributed by atoms with Crippen molar-refractivity contribution in [1.82, 2.24) is 10.3 Å². The van der Waals surface area contributed by atoms with Crippen molar-refractivity contribution in [3.8, 4) is 0 Å². The SMILES string of the molecule is CNc1nc(C(=O)NC(C)CC2CC2)cc2ccccc12. The summed E-state index contributed by atoms with van der Waals surface area (Å²) < 4.78 is 0. The van der Waals surface area contributed by atoms with Gasteiger partial charge in [-0.25, -0.2) is 4.98 Å². The lowest BCUT2D eigenvalue weighted by molar-refractivity contribution is 0.0932. The van der Waals surface area contributed by atoms with Crippen LogP contribution >= 0.6 is 0 Å². The van der Waals surface area contributed by atoms with Gasteiger partial charge in [0.25, 0.3) is 5.91 Å². The predicted molar refractivity (Wildman–Crippen MR) is 85.6 cm³/mol. The third-order valence-electron chi connectivity index (χ3n) is 3.97. The number of anilines is 1. The molecule has 1 saturated carbocycles. The number of nitrogens with zero attached hydrogens (tertiary/aromatic N) is 1. The normalized spacial score (nSPS) is 15.7. The van der Waals surface area contributed by atoms with Gasteiger partial charge in [0.1, 0.15) is 11.5 Å². The van der Waals surface area contributed by atoms with Gasteiger partial charge in [0, 0.05) is 18.5 Å². The molecule has 110 valence electrons. The third kappa shape index (κ3) is 3.15. The Morgan fingerprint density at radius 3 is 2.86 bits per heavy atom. The van der Waals surface area contributed by atoms with Crippen LogP contribution in [0.5, 0.6) is 0 Å². The lowest BCUT2D eigenvalue weighted by Crippen LogP contribution is -2.33. The Labute approximate surface area is 125 Å². The molecule has 3 rings (SSSR count). The van der Waals surface area contributed by atoms with Crippen molar-refractivity contribution in [1.29, 1.82) is 0 Å². The average Bonchev–Trinajstić information content (AvgIpc) is 3.29. The first-order chi connectivity index (χ1) is 10.2. The first-order valence-electron chi connectivity index (χ1n) is 7.56. The molecule has 0 bridgehead atoms. The number of hydrogen-bond donors (Lipinski definition) is 2. The van der Waals surface area contributed by atoms with E-state index in [2.05, 4.69) is 22.5 Å². The molecule has 1 unspecified atom stereocenters. The number of carbonyl (C=O) groups excluding carboxylic acids is 1. The van der Waals surface area contributed by atoms with Gasteiger partial charge < -0.3 is 10.6 Å². The molecule has 2 N–H and O–H groups in total. The molecule has 1 aliphatic carbocycles. The smallest absolute Gasteiger partial charge is 0.270 e. The summed E-state index contributed by atoms with van der Waals surface area (Å²) in [6.07, 6.45) is 3.68. The lowest BCUT2D eigenvalue weighted by Gasteiger charge is -2.14. The molecule has 0 aliphatic heterocycles. The van der Waals surface area contributed by atoms with Gasteiger partial charge in [-0.05, 0) is 30.7 Å². The van der Waals surface area contributed by atoms with Gasteiger partial charge in [0.05, 0.1) is 0 Å². The summed E-state index contributed by atoms with van der Waals surface area (Å²) >= 11 is 0. The predicted octanol–water partition coefficient (Wildman–Crippen LogP) is 3.19. The largest absolute Gasteiger partial charge is 0.373 e. The molecule has 4 heteroatoms. The van der Waals surface area contributed by atoms with Crippen LogP contribution in [0.25, 0.3) is 10.8 Å². The van der Waals surface area contributed by atoms with Crippen LogP contribution in [0.15, 0.2) is 30.3 Å². The zero-order valence-electron chi connectivity index (χ0n) is 12.5. The van der Waals surface area contributed by atoms with E-state index < -0.39 is 0 Å². The summed E-state index contributed by atoms with van der Waals surface area (Å²) in [5, 5.41) is 8.18. The molecule has 0 spiro atoms. The molecular formula is C17H21N3O. The summed E-state index contributed by atoms with van der Waals surface area (Å²) in [4.78, 5) is 16.8. The van der Waals surface area contributed by atoms with Crippen molar-refractivity contribution in [3.05, 3.63) is 36.0 Å². The van der Waals surface area contributed by atoms with Gasteiger partial charge in [-0.15, -0.1) is 0 Å². The Morgan fingerprint density at radius 2 is 2.14 bits per heavy atom. The first-order valence-corrected chi connectivity index (χ1v) is 7.56. The Hall–Kier alpha value is -2.10. The third-order valence-corrected chi connectivity index (χ3v) is 3.97. The zero-order chi connectivity index (χ0) is 14.8. The van der Waals surface area contributed by atoms with E-state index in [1.807, 2.05) is 37.4 Å². The highest BCUT2D eigenvalue weighted by Gasteiger charge is 2.24. The summed E-state index contributed by atoms with van der Waals surface area (Å²) in [5.41, 5.74) is 0.473. The molecule has 21 heavy (non-hydrogen) atoms. The fourth-order valence-corrected chi connectivity index (χ4v) is 2.72. The standard InChI is InChI=1S/C17H21N3O/c1-11(9-12-7-8-12)19-17(21)15-10-13-5-3-4-6-14(13)16(18-2)20-15/h3-6,10-12H,7-9H2,1-2H3,(H,18,20)(H,19,21). The van der Waals surface area contributed by atoms with Crippen LogP contribution in [-0.4, -0.2) is 24.0 Å². The average molecular weight is 283 g/mol. The maximum Gasteiger partial charge on any atom is 0.270 e. The second-order valence-corrected chi connectivity index (χ2v) is 5.88. The topological polar surface area (TPSA) is 54.0 Å². The molecule has 1 aromatic heterocycles. The number of benzene rings is 1. The van der Waals surface area contributed by atoms with Crippen molar-refractivity contribution >= 4 is 22.5 Å². The first kappa shape index (κ1) is 13.9. The molecule has 1 aromatic carbocycles. The highest BCUT2D eigenvalue weighted by atomic mass is 16.1. The van der Waals surface area contributed by atoms with Gasteiger partial charge in [-0.2, -0.15) is 0 Å². The Kier molecular flexibility index (Phi) is 3.78. The van der Waals surface area contributed by atoms with Crippen LogP contribution in [0.3, 0.4) is 0 Å². The Morgan fingerprint density at radius 1 is 1.38 bits per heavy atom. The highest BCUT2D eigenvalue weighted by molar-refractivity contribution is 6.00. The van der Waals surface area contributed by atoms with Gasteiger partial charge in [0.2, 0.25) is 0 Å². The van der Waals surface area contributed by atoms with Crippen LogP contribution in [0, 0.1) is 5.92 Å². The van der Waals surface area contributed by atoms with E-state index in [0.717, 1.165) is 28.9 Å². The van der Waals surface area contributed by atoms with Crippen molar-refractivity contribution in [2.24, 2.45) is 5.92 Å². The van der Waals surface area contributed by atoms with Crippen LogP contribution in [0.2, 0.25) is 0 Å². The fraction of sp³-hybridized carbons (Fsp3) is 0.412. The number of aromatic nitrogens is 1. The summed E-state index contributed by atoms with van der Waals surface area (Å²) in [5.74, 6) is 1.45. The molecule has 1 heterocycles.